The van der Waals surface area contributed by atoms with E-state index >= 15 is 0 Å². The van der Waals surface area contributed by atoms with E-state index < -0.39 is 0 Å². The van der Waals surface area contributed by atoms with Crippen molar-refractivity contribution in [3.63, 3.8) is 0 Å². The normalized spacial score (nSPS) is 11.8. The van der Waals surface area contributed by atoms with Gasteiger partial charge >= 0.3 is 0 Å². The van der Waals surface area contributed by atoms with Gasteiger partial charge in [-0.2, -0.15) is 0 Å². The molecule has 0 saturated carbocycles. The van der Waals surface area contributed by atoms with Gasteiger partial charge in [0.25, 0.3) is 0 Å². The lowest BCUT2D eigenvalue weighted by Gasteiger charge is -2.09. The summed E-state index contributed by atoms with van der Waals surface area (Å²) in [6, 6.07) is 42.3. The Labute approximate surface area is 223 Å². The molecule has 0 aliphatic carbocycles. The second-order valence-electron chi connectivity index (χ2n) is 10.4. The van der Waals surface area contributed by atoms with Crippen LogP contribution in [0.3, 0.4) is 0 Å². The lowest BCUT2D eigenvalue weighted by Crippen LogP contribution is -1.95. The SMILES string of the molecule is CCCCCCc1ccc2c3cc4c(cc3n(-c3ccccc3)c2c1)c1ccccc1n4-c1ccccc1. The minimum absolute atomic E-state index is 1.14. The molecule has 0 bridgehead atoms. The zero-order valence-corrected chi connectivity index (χ0v) is 21.9. The Morgan fingerprint density at radius 3 is 1.66 bits per heavy atom. The van der Waals surface area contributed by atoms with Gasteiger partial charge in [0.05, 0.1) is 22.1 Å². The molecule has 38 heavy (non-hydrogen) atoms. The zero-order valence-electron chi connectivity index (χ0n) is 21.9. The quantitative estimate of drug-likeness (QED) is 0.196. The van der Waals surface area contributed by atoms with Crippen molar-refractivity contribution in [1.29, 1.82) is 0 Å². The van der Waals surface area contributed by atoms with Gasteiger partial charge in [0, 0.05) is 32.9 Å². The topological polar surface area (TPSA) is 9.86 Å². The Hall–Kier alpha value is -4.30. The summed E-state index contributed by atoms with van der Waals surface area (Å²) in [5.41, 5.74) is 8.88. The van der Waals surface area contributed by atoms with Gasteiger partial charge in [0.15, 0.2) is 0 Å². The van der Waals surface area contributed by atoms with Gasteiger partial charge in [-0.05, 0) is 66.9 Å². The highest BCUT2D eigenvalue weighted by Crippen LogP contribution is 2.39. The zero-order chi connectivity index (χ0) is 25.5. The third-order valence-corrected chi connectivity index (χ3v) is 7.97. The molecule has 0 spiro atoms. The van der Waals surface area contributed by atoms with Crippen molar-refractivity contribution in [3.05, 3.63) is 121 Å². The molecule has 2 heterocycles. The monoisotopic (exact) mass is 492 g/mol. The number of rotatable bonds is 7. The Morgan fingerprint density at radius 2 is 1.00 bits per heavy atom. The minimum atomic E-state index is 1.14. The molecule has 2 heteroatoms. The summed E-state index contributed by atoms with van der Waals surface area (Å²) in [6.45, 7) is 2.28. The number of benzene rings is 5. The first-order valence-corrected chi connectivity index (χ1v) is 13.9. The Balaban J connectivity index is 1.54. The van der Waals surface area contributed by atoms with Gasteiger partial charge in [-0.15, -0.1) is 0 Å². The highest BCUT2D eigenvalue weighted by atomic mass is 15.0. The minimum Gasteiger partial charge on any atom is -0.309 e. The summed E-state index contributed by atoms with van der Waals surface area (Å²) in [6.07, 6.45) is 6.28. The van der Waals surface area contributed by atoms with E-state index in [4.69, 9.17) is 0 Å². The van der Waals surface area contributed by atoms with Gasteiger partial charge in [0.1, 0.15) is 0 Å². The first-order valence-electron chi connectivity index (χ1n) is 13.9. The fourth-order valence-electron chi connectivity index (χ4n) is 6.15. The van der Waals surface area contributed by atoms with E-state index in [2.05, 4.69) is 131 Å². The highest BCUT2D eigenvalue weighted by molar-refractivity contribution is 6.19. The van der Waals surface area contributed by atoms with E-state index in [0.717, 1.165) is 6.42 Å². The van der Waals surface area contributed by atoms with E-state index in [0.29, 0.717) is 0 Å². The maximum absolute atomic E-state index is 2.47. The average molecular weight is 493 g/mol. The average Bonchev–Trinajstić information content (AvgIpc) is 3.47. The van der Waals surface area contributed by atoms with E-state index in [1.54, 1.807) is 0 Å². The molecule has 0 aliphatic heterocycles. The van der Waals surface area contributed by atoms with Crippen molar-refractivity contribution in [3.8, 4) is 11.4 Å². The third kappa shape index (κ3) is 3.71. The molecular formula is C36H32N2. The second kappa shape index (κ2) is 9.54. The number of hydrogen-bond donors (Lipinski definition) is 0. The van der Waals surface area contributed by atoms with Crippen molar-refractivity contribution in [2.45, 2.75) is 39.0 Å². The van der Waals surface area contributed by atoms with Crippen molar-refractivity contribution < 1.29 is 0 Å². The number of para-hydroxylation sites is 3. The van der Waals surface area contributed by atoms with Crippen LogP contribution in [0.2, 0.25) is 0 Å². The van der Waals surface area contributed by atoms with Gasteiger partial charge in [-0.3, -0.25) is 0 Å². The maximum Gasteiger partial charge on any atom is 0.0548 e. The van der Waals surface area contributed by atoms with Crippen LogP contribution in [0.15, 0.2) is 115 Å². The van der Waals surface area contributed by atoms with Crippen LogP contribution >= 0.6 is 0 Å². The Bertz CT molecular complexity index is 1890. The van der Waals surface area contributed by atoms with Crippen molar-refractivity contribution in [2.75, 3.05) is 0 Å². The Morgan fingerprint density at radius 1 is 0.447 bits per heavy atom. The highest BCUT2D eigenvalue weighted by Gasteiger charge is 2.18. The summed E-state index contributed by atoms with van der Waals surface area (Å²) in [4.78, 5) is 0. The molecule has 186 valence electrons. The van der Waals surface area contributed by atoms with Crippen molar-refractivity contribution in [1.82, 2.24) is 9.13 Å². The molecule has 0 N–H and O–H groups in total. The van der Waals surface area contributed by atoms with E-state index in [1.807, 2.05) is 0 Å². The van der Waals surface area contributed by atoms with Gasteiger partial charge < -0.3 is 9.13 Å². The first kappa shape index (κ1) is 22.9. The molecule has 7 aromatic rings. The van der Waals surface area contributed by atoms with Crippen LogP contribution in [0.5, 0.6) is 0 Å². The molecule has 2 nitrogen and oxygen atoms in total. The van der Waals surface area contributed by atoms with Crippen LogP contribution in [0, 0.1) is 0 Å². The van der Waals surface area contributed by atoms with E-state index in [9.17, 15) is 0 Å². The van der Waals surface area contributed by atoms with Crippen LogP contribution in [0.1, 0.15) is 38.2 Å². The van der Waals surface area contributed by atoms with Crippen molar-refractivity contribution >= 4 is 43.6 Å². The van der Waals surface area contributed by atoms with Crippen LogP contribution in [0.4, 0.5) is 0 Å². The smallest absolute Gasteiger partial charge is 0.0548 e. The molecule has 0 amide bonds. The van der Waals surface area contributed by atoms with Crippen LogP contribution in [0.25, 0.3) is 55.0 Å². The number of nitrogens with zero attached hydrogens (tertiary/aromatic N) is 2. The fourth-order valence-corrected chi connectivity index (χ4v) is 6.15. The number of unbranched alkanes of at least 4 members (excludes halogenated alkanes) is 3. The summed E-state index contributed by atoms with van der Waals surface area (Å²) in [7, 11) is 0. The second-order valence-corrected chi connectivity index (χ2v) is 10.4. The van der Waals surface area contributed by atoms with Crippen LogP contribution in [-0.2, 0) is 6.42 Å². The van der Waals surface area contributed by atoms with Gasteiger partial charge in [-0.1, -0.05) is 92.9 Å². The lowest BCUT2D eigenvalue weighted by atomic mass is 10.0. The fraction of sp³-hybridized carbons (Fsp3) is 0.167. The summed E-state index contributed by atoms with van der Waals surface area (Å²) < 4.78 is 4.88. The molecule has 0 radical (unpaired) electrons. The molecule has 0 aliphatic rings. The third-order valence-electron chi connectivity index (χ3n) is 7.97. The summed E-state index contributed by atoms with van der Waals surface area (Å²) >= 11 is 0. The predicted molar refractivity (Wildman–Crippen MR) is 163 cm³/mol. The predicted octanol–water partition coefficient (Wildman–Crippen LogP) is 10.0. The molecule has 7 rings (SSSR count). The summed E-state index contributed by atoms with van der Waals surface area (Å²) in [5, 5.41) is 5.19. The molecule has 0 saturated heterocycles. The molecule has 0 atom stereocenters. The summed E-state index contributed by atoms with van der Waals surface area (Å²) in [5.74, 6) is 0. The molecule has 0 fully saturated rings. The number of fused-ring (bicyclic) bond motifs is 6. The number of hydrogen-bond acceptors (Lipinski definition) is 0. The molecular weight excluding hydrogens is 460 g/mol. The van der Waals surface area contributed by atoms with Crippen LogP contribution in [-0.4, -0.2) is 9.13 Å². The van der Waals surface area contributed by atoms with Gasteiger partial charge in [-0.25, -0.2) is 0 Å². The Kier molecular flexibility index (Phi) is 5.74. The van der Waals surface area contributed by atoms with E-state index in [-0.39, 0.29) is 0 Å². The van der Waals surface area contributed by atoms with Crippen LogP contribution < -0.4 is 0 Å². The maximum atomic E-state index is 2.47. The molecule has 5 aromatic carbocycles. The number of aryl methyl sites for hydroxylation is 1. The van der Waals surface area contributed by atoms with E-state index in [1.165, 1.54) is 86.2 Å². The van der Waals surface area contributed by atoms with Gasteiger partial charge in [0.2, 0.25) is 0 Å². The first-order chi connectivity index (χ1) is 18.8. The number of aromatic nitrogens is 2. The largest absolute Gasteiger partial charge is 0.309 e. The molecule has 0 unspecified atom stereocenters. The van der Waals surface area contributed by atoms with Crippen molar-refractivity contribution in [2.24, 2.45) is 0 Å². The molecule has 2 aromatic heterocycles. The standard InChI is InChI=1S/C36H32N2/c1-2-3-4-7-14-26-21-22-30-32-25-35-31(24-36(32)38(34(30)23-26)28-17-10-6-11-18-28)29-19-12-13-20-33(29)37(35)27-15-8-5-9-16-27/h5-6,8-13,15-25H,2-4,7,14H2,1H3. The lowest BCUT2D eigenvalue weighted by molar-refractivity contribution is 0.667.